The highest BCUT2D eigenvalue weighted by Gasteiger charge is 2.26. The van der Waals surface area contributed by atoms with Crippen LogP contribution in [0.5, 0.6) is 0 Å². The Hall–Kier alpha value is -2.12. The van der Waals surface area contributed by atoms with E-state index >= 15 is 0 Å². The molecular formula is C17H23ClN2O5. The fraction of sp³-hybridized carbons (Fsp3) is 0.471. The topological polar surface area (TPSA) is 116 Å². The molecule has 0 saturated heterocycles. The van der Waals surface area contributed by atoms with E-state index in [9.17, 15) is 24.6 Å². The second-order valence-electron chi connectivity index (χ2n) is 6.13. The third kappa shape index (κ3) is 7.53. The number of aliphatic carboxylic acids is 2. The van der Waals surface area contributed by atoms with Crippen LogP contribution >= 0.6 is 11.6 Å². The number of hydrogen-bond donors (Lipinski definition) is 4. The number of benzene rings is 1. The van der Waals surface area contributed by atoms with Crippen molar-refractivity contribution in [3.63, 3.8) is 0 Å². The molecule has 0 aliphatic rings. The van der Waals surface area contributed by atoms with Crippen molar-refractivity contribution in [2.75, 3.05) is 6.54 Å². The van der Waals surface area contributed by atoms with Crippen LogP contribution in [0.25, 0.3) is 0 Å². The minimum Gasteiger partial charge on any atom is -0.480 e. The lowest BCUT2D eigenvalue weighted by molar-refractivity contribution is -0.143. The first-order valence-electron chi connectivity index (χ1n) is 7.96. The molecule has 1 aromatic rings. The molecule has 1 aromatic carbocycles. The summed E-state index contributed by atoms with van der Waals surface area (Å²) in [5.41, 5.74) is 0.371. The van der Waals surface area contributed by atoms with E-state index in [1.165, 1.54) is 6.07 Å². The first-order valence-corrected chi connectivity index (χ1v) is 8.34. The van der Waals surface area contributed by atoms with E-state index in [0.717, 1.165) is 0 Å². The van der Waals surface area contributed by atoms with Crippen LogP contribution in [-0.4, -0.2) is 46.7 Å². The number of carbonyl (C=O) groups excluding carboxylic acids is 1. The summed E-state index contributed by atoms with van der Waals surface area (Å²) in [6.07, 6.45) is 0.373. The van der Waals surface area contributed by atoms with Gasteiger partial charge in [0, 0.05) is 17.1 Å². The fourth-order valence-electron chi connectivity index (χ4n) is 2.29. The first kappa shape index (κ1) is 20.9. The van der Waals surface area contributed by atoms with Crippen LogP contribution in [-0.2, 0) is 9.59 Å². The molecule has 0 spiro atoms. The maximum absolute atomic E-state index is 12.0. The third-order valence-corrected chi connectivity index (χ3v) is 3.75. The standard InChI is InChI=1S/C17H23ClN2O5/c1-10(2)8-14(17(24)25)20-13(16(22)23)6-7-19-15(21)11-4-3-5-12(18)9-11/h3-5,9-10,13-14,20H,6-8H2,1-2H3,(H,19,21)(H,22,23)(H,24,25)/t13-,14-/m0/s1. The Morgan fingerprint density at radius 1 is 1.12 bits per heavy atom. The highest BCUT2D eigenvalue weighted by atomic mass is 35.5. The van der Waals surface area contributed by atoms with Crippen molar-refractivity contribution < 1.29 is 24.6 Å². The monoisotopic (exact) mass is 370 g/mol. The van der Waals surface area contributed by atoms with Crippen molar-refractivity contribution in [2.45, 2.75) is 38.8 Å². The van der Waals surface area contributed by atoms with Crippen LogP contribution in [0.4, 0.5) is 0 Å². The van der Waals surface area contributed by atoms with Crippen molar-refractivity contribution in [3.8, 4) is 0 Å². The van der Waals surface area contributed by atoms with Crippen molar-refractivity contribution in [1.82, 2.24) is 10.6 Å². The summed E-state index contributed by atoms with van der Waals surface area (Å²) in [7, 11) is 0. The lowest BCUT2D eigenvalue weighted by Gasteiger charge is -2.21. The van der Waals surface area contributed by atoms with Gasteiger partial charge in [-0.3, -0.25) is 19.7 Å². The van der Waals surface area contributed by atoms with Crippen LogP contribution in [0.3, 0.4) is 0 Å². The van der Waals surface area contributed by atoms with Gasteiger partial charge in [0.05, 0.1) is 0 Å². The van der Waals surface area contributed by atoms with E-state index in [2.05, 4.69) is 10.6 Å². The lowest BCUT2D eigenvalue weighted by atomic mass is 10.0. The van der Waals surface area contributed by atoms with E-state index in [-0.39, 0.29) is 24.8 Å². The maximum atomic E-state index is 12.0. The minimum atomic E-state index is -1.16. The molecule has 0 saturated carbocycles. The molecule has 0 unspecified atom stereocenters. The van der Waals surface area contributed by atoms with Crippen LogP contribution in [0.2, 0.25) is 5.02 Å². The Labute approximate surface area is 151 Å². The van der Waals surface area contributed by atoms with Gasteiger partial charge >= 0.3 is 11.9 Å². The van der Waals surface area contributed by atoms with Crippen molar-refractivity contribution >= 4 is 29.4 Å². The van der Waals surface area contributed by atoms with E-state index in [1.54, 1.807) is 18.2 Å². The second kappa shape index (κ2) is 10.0. The van der Waals surface area contributed by atoms with E-state index in [1.807, 2.05) is 13.8 Å². The number of nitrogens with one attached hydrogen (secondary N) is 2. The lowest BCUT2D eigenvalue weighted by Crippen LogP contribution is -2.49. The predicted octanol–water partition coefficient (Wildman–Crippen LogP) is 2.00. The molecule has 8 heteroatoms. The zero-order valence-corrected chi connectivity index (χ0v) is 14.9. The van der Waals surface area contributed by atoms with E-state index in [0.29, 0.717) is 17.0 Å². The third-order valence-electron chi connectivity index (χ3n) is 3.51. The van der Waals surface area contributed by atoms with Gasteiger partial charge in [-0.25, -0.2) is 0 Å². The highest BCUT2D eigenvalue weighted by Crippen LogP contribution is 2.11. The van der Waals surface area contributed by atoms with Gasteiger partial charge in [-0.1, -0.05) is 31.5 Å². The molecule has 2 atom stereocenters. The summed E-state index contributed by atoms with van der Waals surface area (Å²) in [4.78, 5) is 34.6. The molecule has 0 aliphatic heterocycles. The molecule has 0 aromatic heterocycles. The van der Waals surface area contributed by atoms with Crippen LogP contribution in [0.1, 0.15) is 37.0 Å². The molecule has 0 bridgehead atoms. The Balaban J connectivity index is 2.59. The Morgan fingerprint density at radius 2 is 1.76 bits per heavy atom. The fourth-order valence-corrected chi connectivity index (χ4v) is 2.48. The van der Waals surface area contributed by atoms with Crippen molar-refractivity contribution in [3.05, 3.63) is 34.9 Å². The van der Waals surface area contributed by atoms with Crippen LogP contribution < -0.4 is 10.6 Å². The number of carboxylic acid groups (broad SMARTS) is 2. The van der Waals surface area contributed by atoms with Gasteiger partial charge in [-0.05, 0) is 37.0 Å². The van der Waals surface area contributed by atoms with E-state index < -0.39 is 24.0 Å². The normalized spacial score (nSPS) is 13.3. The molecule has 4 N–H and O–H groups in total. The van der Waals surface area contributed by atoms with Gasteiger partial charge in [-0.15, -0.1) is 0 Å². The van der Waals surface area contributed by atoms with Crippen molar-refractivity contribution in [2.24, 2.45) is 5.92 Å². The quantitative estimate of drug-likeness (QED) is 0.500. The van der Waals surface area contributed by atoms with E-state index in [4.69, 9.17) is 11.6 Å². The van der Waals surface area contributed by atoms with Crippen molar-refractivity contribution in [1.29, 1.82) is 0 Å². The summed E-state index contributed by atoms with van der Waals surface area (Å²) < 4.78 is 0. The zero-order chi connectivity index (χ0) is 19.0. The highest BCUT2D eigenvalue weighted by molar-refractivity contribution is 6.30. The summed E-state index contributed by atoms with van der Waals surface area (Å²) >= 11 is 5.82. The number of hydrogen-bond acceptors (Lipinski definition) is 4. The molecule has 0 aliphatic carbocycles. The number of amides is 1. The molecule has 7 nitrogen and oxygen atoms in total. The average molecular weight is 371 g/mol. The summed E-state index contributed by atoms with van der Waals surface area (Å²) in [6, 6.07) is 4.36. The second-order valence-corrected chi connectivity index (χ2v) is 6.57. The summed E-state index contributed by atoms with van der Waals surface area (Å²) in [5, 5.41) is 24.1. The molecule has 0 heterocycles. The zero-order valence-electron chi connectivity index (χ0n) is 14.2. The SMILES string of the molecule is CC(C)C[C@H](N[C@@H](CCNC(=O)c1cccc(Cl)c1)C(=O)O)C(=O)O. The molecule has 25 heavy (non-hydrogen) atoms. The smallest absolute Gasteiger partial charge is 0.320 e. The molecule has 1 amide bonds. The predicted molar refractivity (Wildman–Crippen MR) is 93.8 cm³/mol. The van der Waals surface area contributed by atoms with Gasteiger partial charge in [-0.2, -0.15) is 0 Å². The van der Waals surface area contributed by atoms with Crippen LogP contribution in [0, 0.1) is 5.92 Å². The molecule has 1 rings (SSSR count). The largest absolute Gasteiger partial charge is 0.480 e. The minimum absolute atomic E-state index is 0.0590. The molecule has 138 valence electrons. The summed E-state index contributed by atoms with van der Waals surface area (Å²) in [6.45, 7) is 3.81. The number of carbonyl (C=O) groups is 3. The maximum Gasteiger partial charge on any atom is 0.320 e. The summed E-state index contributed by atoms with van der Waals surface area (Å²) in [5.74, 6) is -2.52. The Bertz CT molecular complexity index is 621. The Kier molecular flexibility index (Phi) is 8.37. The van der Waals surface area contributed by atoms with Gasteiger partial charge in [0.15, 0.2) is 0 Å². The number of rotatable bonds is 10. The van der Waals surface area contributed by atoms with Gasteiger partial charge < -0.3 is 15.5 Å². The van der Waals surface area contributed by atoms with Gasteiger partial charge in [0.25, 0.3) is 5.91 Å². The number of carboxylic acids is 2. The Morgan fingerprint density at radius 3 is 2.28 bits per heavy atom. The van der Waals surface area contributed by atoms with Crippen LogP contribution in [0.15, 0.2) is 24.3 Å². The average Bonchev–Trinajstić information content (AvgIpc) is 2.52. The number of halogens is 1. The molecular weight excluding hydrogens is 348 g/mol. The molecule has 0 radical (unpaired) electrons. The molecule has 0 fully saturated rings. The van der Waals surface area contributed by atoms with Gasteiger partial charge in [0.2, 0.25) is 0 Å². The first-order chi connectivity index (χ1) is 11.7. The van der Waals surface area contributed by atoms with Gasteiger partial charge in [0.1, 0.15) is 12.1 Å².